The highest BCUT2D eigenvalue weighted by molar-refractivity contribution is 5.81. The van der Waals surface area contributed by atoms with E-state index in [1.807, 2.05) is 18.9 Å². The third-order valence-corrected chi connectivity index (χ3v) is 4.72. The highest BCUT2D eigenvalue weighted by atomic mass is 16.6. The standard InChI is InChI=1S/C16H27N7O3/c1-3-10-21-11-14(18)19-8-20-15(11)23(10)16-13(25)12(24)9(26-16)7-22(2)6-4-5-17/h8-9,12-13,16,24-25H,3-7,17H2,1-2H3,(H2,18,19,20)/t9-,12?,13?,16-/m1/s1. The summed E-state index contributed by atoms with van der Waals surface area (Å²) in [6.07, 6.45) is -0.618. The minimum atomic E-state index is -1.10. The van der Waals surface area contributed by atoms with Crippen molar-refractivity contribution in [3.63, 3.8) is 0 Å². The van der Waals surface area contributed by atoms with E-state index >= 15 is 0 Å². The number of imidazole rings is 1. The fourth-order valence-electron chi connectivity index (χ4n) is 3.34. The molecule has 2 aromatic heterocycles. The van der Waals surface area contributed by atoms with Gasteiger partial charge in [0, 0.05) is 13.0 Å². The van der Waals surface area contributed by atoms with Crippen molar-refractivity contribution in [2.45, 2.75) is 44.3 Å². The molecule has 0 saturated carbocycles. The Morgan fingerprint density at radius 3 is 2.77 bits per heavy atom. The zero-order chi connectivity index (χ0) is 18.8. The van der Waals surface area contributed by atoms with Crippen LogP contribution in [0, 0.1) is 0 Å². The van der Waals surface area contributed by atoms with Gasteiger partial charge in [-0.1, -0.05) is 6.92 Å². The summed E-state index contributed by atoms with van der Waals surface area (Å²) in [5.74, 6) is 0.940. The van der Waals surface area contributed by atoms with Crippen LogP contribution in [0.3, 0.4) is 0 Å². The van der Waals surface area contributed by atoms with Gasteiger partial charge in [0.15, 0.2) is 23.2 Å². The number of nitrogens with two attached hydrogens (primary N) is 2. The Balaban J connectivity index is 1.88. The highest BCUT2D eigenvalue weighted by Gasteiger charge is 2.45. The van der Waals surface area contributed by atoms with Crippen LogP contribution in [0.1, 0.15) is 25.4 Å². The molecule has 0 amide bonds. The number of anilines is 1. The Morgan fingerprint density at radius 1 is 1.31 bits per heavy atom. The zero-order valence-corrected chi connectivity index (χ0v) is 15.1. The quantitative estimate of drug-likeness (QED) is 0.478. The van der Waals surface area contributed by atoms with Crippen LogP contribution in [-0.2, 0) is 11.2 Å². The van der Waals surface area contributed by atoms with Crippen molar-refractivity contribution in [1.82, 2.24) is 24.4 Å². The topological polar surface area (TPSA) is 149 Å². The first-order valence-corrected chi connectivity index (χ1v) is 8.85. The maximum Gasteiger partial charge on any atom is 0.167 e. The predicted molar refractivity (Wildman–Crippen MR) is 96.2 cm³/mol. The van der Waals surface area contributed by atoms with Gasteiger partial charge in [0.25, 0.3) is 0 Å². The van der Waals surface area contributed by atoms with E-state index in [0.717, 1.165) is 13.0 Å². The Hall–Kier alpha value is -1.85. The van der Waals surface area contributed by atoms with Gasteiger partial charge in [0.1, 0.15) is 30.5 Å². The van der Waals surface area contributed by atoms with E-state index in [-0.39, 0.29) is 5.82 Å². The number of hydrogen-bond acceptors (Lipinski definition) is 9. The number of aryl methyl sites for hydroxylation is 1. The largest absolute Gasteiger partial charge is 0.387 e. The molecule has 0 spiro atoms. The third-order valence-electron chi connectivity index (χ3n) is 4.72. The van der Waals surface area contributed by atoms with Crippen molar-refractivity contribution in [2.24, 2.45) is 5.73 Å². The van der Waals surface area contributed by atoms with Crippen molar-refractivity contribution in [1.29, 1.82) is 0 Å². The summed E-state index contributed by atoms with van der Waals surface area (Å²) >= 11 is 0. The summed E-state index contributed by atoms with van der Waals surface area (Å²) in [5.41, 5.74) is 12.4. The summed E-state index contributed by atoms with van der Waals surface area (Å²) in [6, 6.07) is 0. The minimum Gasteiger partial charge on any atom is -0.387 e. The van der Waals surface area contributed by atoms with Crippen LogP contribution in [0.15, 0.2) is 6.33 Å². The van der Waals surface area contributed by atoms with Crippen LogP contribution < -0.4 is 11.5 Å². The average Bonchev–Trinajstić information content (AvgIpc) is 3.13. The number of nitrogens with zero attached hydrogens (tertiary/aromatic N) is 5. The molecule has 10 heteroatoms. The lowest BCUT2D eigenvalue weighted by Crippen LogP contribution is -2.39. The van der Waals surface area contributed by atoms with Crippen LogP contribution in [-0.4, -0.2) is 79.6 Å². The van der Waals surface area contributed by atoms with Crippen LogP contribution in [0.5, 0.6) is 0 Å². The van der Waals surface area contributed by atoms with Crippen LogP contribution in [0.2, 0.25) is 0 Å². The second-order valence-corrected chi connectivity index (χ2v) is 6.63. The fraction of sp³-hybridized carbons (Fsp3) is 0.688. The SMILES string of the molecule is CCc1nc2c(N)ncnc2n1[C@@H]1O[C@H](CN(C)CCCN)C(O)C1O. The molecule has 4 atom stereocenters. The normalized spacial score (nSPS) is 26.2. The van der Waals surface area contributed by atoms with Gasteiger partial charge in [-0.15, -0.1) is 0 Å². The van der Waals surface area contributed by atoms with Gasteiger partial charge >= 0.3 is 0 Å². The Morgan fingerprint density at radius 2 is 2.08 bits per heavy atom. The summed E-state index contributed by atoms with van der Waals surface area (Å²) in [4.78, 5) is 14.7. The molecular weight excluding hydrogens is 338 g/mol. The number of likely N-dealkylation sites (N-methyl/N-ethyl adjacent to an activating group) is 1. The van der Waals surface area contributed by atoms with E-state index in [0.29, 0.717) is 36.5 Å². The summed E-state index contributed by atoms with van der Waals surface area (Å²) < 4.78 is 7.73. The molecule has 0 bridgehead atoms. The fourth-order valence-corrected chi connectivity index (χ4v) is 3.34. The molecule has 1 fully saturated rings. The lowest BCUT2D eigenvalue weighted by atomic mass is 10.1. The van der Waals surface area contributed by atoms with Gasteiger partial charge in [-0.2, -0.15) is 0 Å². The smallest absolute Gasteiger partial charge is 0.167 e. The van der Waals surface area contributed by atoms with Gasteiger partial charge in [0.2, 0.25) is 0 Å². The van der Waals surface area contributed by atoms with Gasteiger partial charge in [0.05, 0.1) is 0 Å². The summed E-state index contributed by atoms with van der Waals surface area (Å²) in [7, 11) is 1.93. The Bertz CT molecular complexity index is 753. The van der Waals surface area contributed by atoms with E-state index < -0.39 is 24.5 Å². The molecule has 10 nitrogen and oxygen atoms in total. The predicted octanol–water partition coefficient (Wildman–Crippen LogP) is -1.13. The number of aliphatic hydroxyl groups is 2. The molecule has 6 N–H and O–H groups in total. The second-order valence-electron chi connectivity index (χ2n) is 6.63. The molecule has 0 aliphatic carbocycles. The number of fused-ring (bicyclic) bond motifs is 1. The maximum atomic E-state index is 10.6. The van der Waals surface area contributed by atoms with Crippen molar-refractivity contribution < 1.29 is 14.9 Å². The molecule has 3 rings (SSSR count). The lowest BCUT2D eigenvalue weighted by molar-refractivity contribution is -0.0434. The molecule has 144 valence electrons. The Kier molecular flexibility index (Phi) is 5.68. The third kappa shape index (κ3) is 3.38. The van der Waals surface area contributed by atoms with Crippen molar-refractivity contribution in [2.75, 3.05) is 32.4 Å². The van der Waals surface area contributed by atoms with Crippen LogP contribution in [0.25, 0.3) is 11.2 Å². The van der Waals surface area contributed by atoms with Crippen LogP contribution in [0.4, 0.5) is 5.82 Å². The molecule has 0 radical (unpaired) electrons. The van der Waals surface area contributed by atoms with Crippen molar-refractivity contribution in [3.8, 4) is 0 Å². The molecule has 1 aliphatic rings. The first-order valence-electron chi connectivity index (χ1n) is 8.85. The van der Waals surface area contributed by atoms with Gasteiger partial charge < -0.3 is 31.3 Å². The van der Waals surface area contributed by atoms with Gasteiger partial charge in [-0.3, -0.25) is 4.57 Å². The molecule has 1 aliphatic heterocycles. The summed E-state index contributed by atoms with van der Waals surface area (Å²) in [5, 5.41) is 21.1. The van der Waals surface area contributed by atoms with Crippen molar-refractivity contribution >= 4 is 17.0 Å². The van der Waals surface area contributed by atoms with E-state index in [4.69, 9.17) is 16.2 Å². The number of aliphatic hydroxyl groups excluding tert-OH is 2. The monoisotopic (exact) mass is 365 g/mol. The number of aromatic nitrogens is 4. The number of ether oxygens (including phenoxy) is 1. The average molecular weight is 365 g/mol. The van der Waals surface area contributed by atoms with E-state index in [9.17, 15) is 10.2 Å². The van der Waals surface area contributed by atoms with E-state index in [2.05, 4.69) is 15.0 Å². The molecule has 2 unspecified atom stereocenters. The molecule has 26 heavy (non-hydrogen) atoms. The summed E-state index contributed by atoms with van der Waals surface area (Å²) in [6.45, 7) is 3.82. The molecule has 1 saturated heterocycles. The maximum absolute atomic E-state index is 10.6. The number of hydrogen-bond donors (Lipinski definition) is 4. The molecular formula is C16H27N7O3. The first kappa shape index (κ1) is 18.9. The van der Waals surface area contributed by atoms with E-state index in [1.165, 1.54) is 6.33 Å². The minimum absolute atomic E-state index is 0.273. The van der Waals surface area contributed by atoms with Crippen LogP contribution >= 0.6 is 0 Å². The van der Waals surface area contributed by atoms with Gasteiger partial charge in [-0.05, 0) is 26.6 Å². The van der Waals surface area contributed by atoms with E-state index in [1.54, 1.807) is 4.57 Å². The lowest BCUT2D eigenvalue weighted by Gasteiger charge is -2.22. The molecule has 0 aromatic carbocycles. The first-order chi connectivity index (χ1) is 12.5. The molecule has 2 aromatic rings. The molecule has 3 heterocycles. The Labute approximate surface area is 151 Å². The van der Waals surface area contributed by atoms with Crippen molar-refractivity contribution in [3.05, 3.63) is 12.2 Å². The zero-order valence-electron chi connectivity index (χ0n) is 15.1. The second kappa shape index (κ2) is 7.80. The number of rotatable bonds is 7. The highest BCUT2D eigenvalue weighted by Crippen LogP contribution is 2.34. The van der Waals surface area contributed by atoms with Gasteiger partial charge in [-0.25, -0.2) is 15.0 Å². The number of nitrogen functional groups attached to an aromatic ring is 1.